The summed E-state index contributed by atoms with van der Waals surface area (Å²) in [5.74, 6) is -0.336. The van der Waals surface area contributed by atoms with Crippen LogP contribution in [-0.4, -0.2) is 31.4 Å². The topological polar surface area (TPSA) is 61.9 Å². The van der Waals surface area contributed by atoms with Crippen LogP contribution >= 0.6 is 0 Å². The van der Waals surface area contributed by atoms with E-state index >= 15 is 0 Å². The van der Waals surface area contributed by atoms with Gasteiger partial charge in [-0.1, -0.05) is 0 Å². The van der Waals surface area contributed by atoms with Gasteiger partial charge < -0.3 is 9.30 Å². The molecule has 0 aliphatic heterocycles. The van der Waals surface area contributed by atoms with Crippen molar-refractivity contribution in [2.45, 2.75) is 19.6 Å². The number of carbonyl (C=O) groups is 1. The Morgan fingerprint density at radius 2 is 2.05 bits per heavy atom. The number of benzene rings is 1. The van der Waals surface area contributed by atoms with E-state index in [9.17, 15) is 4.79 Å². The van der Waals surface area contributed by atoms with Gasteiger partial charge in [-0.05, 0) is 37.3 Å². The zero-order chi connectivity index (χ0) is 15.4. The molecule has 0 aliphatic carbocycles. The van der Waals surface area contributed by atoms with Crippen molar-refractivity contribution in [3.8, 4) is 5.69 Å². The molecular formula is C16H16N4O2. The Balaban J connectivity index is 1.62. The lowest BCUT2D eigenvalue weighted by atomic mass is 10.2. The van der Waals surface area contributed by atoms with Crippen molar-refractivity contribution in [1.29, 1.82) is 0 Å². The second-order valence-electron chi connectivity index (χ2n) is 4.96. The van der Waals surface area contributed by atoms with Crippen LogP contribution in [0.25, 0.3) is 5.69 Å². The Labute approximate surface area is 128 Å². The van der Waals surface area contributed by atoms with Crippen molar-refractivity contribution in [2.75, 3.05) is 0 Å². The molecule has 0 saturated heterocycles. The average Bonchev–Trinajstić information content (AvgIpc) is 3.20. The van der Waals surface area contributed by atoms with Crippen molar-refractivity contribution in [3.05, 3.63) is 67.0 Å². The van der Waals surface area contributed by atoms with E-state index in [4.69, 9.17) is 4.74 Å². The van der Waals surface area contributed by atoms with Crippen molar-refractivity contribution in [2.24, 2.45) is 0 Å². The van der Waals surface area contributed by atoms with Crippen LogP contribution < -0.4 is 0 Å². The third kappa shape index (κ3) is 3.22. The molecule has 6 nitrogen and oxygen atoms in total. The third-order valence-electron chi connectivity index (χ3n) is 3.22. The van der Waals surface area contributed by atoms with E-state index in [1.54, 1.807) is 35.5 Å². The molecule has 2 heterocycles. The molecule has 0 spiro atoms. The van der Waals surface area contributed by atoms with Crippen LogP contribution in [0.3, 0.4) is 0 Å². The molecule has 0 radical (unpaired) electrons. The lowest BCUT2D eigenvalue weighted by Crippen LogP contribution is -2.21. The highest BCUT2D eigenvalue weighted by Gasteiger charge is 2.12. The van der Waals surface area contributed by atoms with Crippen molar-refractivity contribution in [3.63, 3.8) is 0 Å². The smallest absolute Gasteiger partial charge is 0.338 e. The Morgan fingerprint density at radius 3 is 2.68 bits per heavy atom. The molecule has 112 valence electrons. The average molecular weight is 296 g/mol. The Kier molecular flexibility index (Phi) is 4.00. The SMILES string of the molecule is CC(Cn1cccn1)OC(=O)c1ccc(-n2ccnc2)cc1. The first-order valence-electron chi connectivity index (χ1n) is 6.99. The quantitative estimate of drug-likeness (QED) is 0.678. The number of carbonyl (C=O) groups excluding carboxylic acids is 1. The van der Waals surface area contributed by atoms with Gasteiger partial charge in [-0.3, -0.25) is 4.68 Å². The highest BCUT2D eigenvalue weighted by Crippen LogP contribution is 2.11. The normalized spacial score (nSPS) is 12.0. The number of esters is 1. The van der Waals surface area contributed by atoms with Crippen molar-refractivity contribution < 1.29 is 9.53 Å². The van der Waals surface area contributed by atoms with Gasteiger partial charge >= 0.3 is 5.97 Å². The van der Waals surface area contributed by atoms with E-state index in [2.05, 4.69) is 10.1 Å². The van der Waals surface area contributed by atoms with Crippen LogP contribution in [0.15, 0.2) is 61.4 Å². The van der Waals surface area contributed by atoms with Gasteiger partial charge in [0.15, 0.2) is 0 Å². The van der Waals surface area contributed by atoms with Gasteiger partial charge in [0.25, 0.3) is 0 Å². The molecule has 3 aromatic rings. The van der Waals surface area contributed by atoms with Crippen LogP contribution in [-0.2, 0) is 11.3 Å². The van der Waals surface area contributed by atoms with Crippen LogP contribution in [0.1, 0.15) is 17.3 Å². The minimum Gasteiger partial charge on any atom is -0.457 e. The summed E-state index contributed by atoms with van der Waals surface area (Å²) in [4.78, 5) is 16.1. The van der Waals surface area contributed by atoms with Crippen LogP contribution in [0.4, 0.5) is 0 Å². The van der Waals surface area contributed by atoms with Gasteiger partial charge in [-0.25, -0.2) is 9.78 Å². The summed E-state index contributed by atoms with van der Waals surface area (Å²) in [6.07, 6.45) is 8.55. The second kappa shape index (κ2) is 6.26. The maximum absolute atomic E-state index is 12.1. The fourth-order valence-corrected chi connectivity index (χ4v) is 2.14. The predicted molar refractivity (Wildman–Crippen MR) is 80.7 cm³/mol. The fourth-order valence-electron chi connectivity index (χ4n) is 2.14. The number of hydrogen-bond donors (Lipinski definition) is 0. The molecule has 3 rings (SSSR count). The third-order valence-corrected chi connectivity index (χ3v) is 3.22. The molecule has 1 unspecified atom stereocenters. The molecule has 2 aromatic heterocycles. The van der Waals surface area contributed by atoms with Gasteiger partial charge in [-0.15, -0.1) is 0 Å². The number of nitrogens with zero attached hydrogens (tertiary/aromatic N) is 4. The molecule has 0 saturated carbocycles. The minimum absolute atomic E-state index is 0.249. The van der Waals surface area contributed by atoms with Crippen molar-refractivity contribution in [1.82, 2.24) is 19.3 Å². The highest BCUT2D eigenvalue weighted by molar-refractivity contribution is 5.89. The Bertz CT molecular complexity index is 718. The monoisotopic (exact) mass is 296 g/mol. The van der Waals surface area contributed by atoms with Crippen LogP contribution in [0, 0.1) is 0 Å². The number of ether oxygens (including phenoxy) is 1. The van der Waals surface area contributed by atoms with Gasteiger partial charge in [0.05, 0.1) is 18.4 Å². The largest absolute Gasteiger partial charge is 0.457 e. The predicted octanol–water partition coefficient (Wildman–Crippen LogP) is 2.31. The summed E-state index contributed by atoms with van der Waals surface area (Å²) >= 11 is 0. The maximum Gasteiger partial charge on any atom is 0.338 e. The molecule has 0 aliphatic rings. The van der Waals surface area contributed by atoms with E-state index in [0.29, 0.717) is 12.1 Å². The number of rotatable bonds is 5. The molecule has 6 heteroatoms. The number of aromatic nitrogens is 4. The number of hydrogen-bond acceptors (Lipinski definition) is 4. The Hall–Kier alpha value is -2.89. The molecule has 0 amide bonds. The first-order chi connectivity index (χ1) is 10.7. The van der Waals surface area contributed by atoms with Crippen LogP contribution in [0.2, 0.25) is 0 Å². The van der Waals surface area contributed by atoms with Crippen molar-refractivity contribution >= 4 is 5.97 Å². The van der Waals surface area contributed by atoms with Crippen LogP contribution in [0.5, 0.6) is 0 Å². The first kappa shape index (κ1) is 14.1. The second-order valence-corrected chi connectivity index (χ2v) is 4.96. The molecule has 0 bridgehead atoms. The minimum atomic E-state index is -0.336. The molecule has 0 fully saturated rings. The Morgan fingerprint density at radius 1 is 1.23 bits per heavy atom. The maximum atomic E-state index is 12.1. The summed E-state index contributed by atoms with van der Waals surface area (Å²) in [6, 6.07) is 9.05. The zero-order valence-corrected chi connectivity index (χ0v) is 12.2. The van der Waals surface area contributed by atoms with E-state index in [1.807, 2.05) is 42.1 Å². The fraction of sp³-hybridized carbons (Fsp3) is 0.188. The summed E-state index contributed by atoms with van der Waals surface area (Å²) < 4.78 is 9.03. The highest BCUT2D eigenvalue weighted by atomic mass is 16.5. The zero-order valence-electron chi connectivity index (χ0n) is 12.2. The van der Waals surface area contributed by atoms with E-state index in [-0.39, 0.29) is 12.1 Å². The molecule has 22 heavy (non-hydrogen) atoms. The van der Waals surface area contributed by atoms with Gasteiger partial charge in [0.1, 0.15) is 6.10 Å². The van der Waals surface area contributed by atoms with Gasteiger partial charge in [-0.2, -0.15) is 5.10 Å². The van der Waals surface area contributed by atoms with E-state index in [0.717, 1.165) is 5.69 Å². The summed E-state index contributed by atoms with van der Waals surface area (Å²) in [5.41, 5.74) is 1.47. The van der Waals surface area contributed by atoms with E-state index in [1.165, 1.54) is 0 Å². The first-order valence-corrected chi connectivity index (χ1v) is 6.99. The summed E-state index contributed by atoms with van der Waals surface area (Å²) in [7, 11) is 0. The lowest BCUT2D eigenvalue weighted by Gasteiger charge is -2.13. The lowest BCUT2D eigenvalue weighted by molar-refractivity contribution is 0.0299. The summed E-state index contributed by atoms with van der Waals surface area (Å²) in [6.45, 7) is 2.38. The standard InChI is InChI=1S/C16H16N4O2/c1-13(11-20-9-2-7-18-20)22-16(21)14-3-5-15(6-4-14)19-10-8-17-12-19/h2-10,12-13H,11H2,1H3. The van der Waals surface area contributed by atoms with E-state index < -0.39 is 0 Å². The molecule has 1 aromatic carbocycles. The number of imidazole rings is 1. The molecule has 1 atom stereocenters. The van der Waals surface area contributed by atoms with Gasteiger partial charge in [0.2, 0.25) is 0 Å². The molecular weight excluding hydrogens is 280 g/mol. The molecule has 0 N–H and O–H groups in total. The summed E-state index contributed by atoms with van der Waals surface area (Å²) in [5, 5.41) is 4.09. The van der Waals surface area contributed by atoms with Gasteiger partial charge in [0, 0.05) is 30.5 Å².